The van der Waals surface area contributed by atoms with Crippen molar-refractivity contribution < 1.29 is 0 Å². The van der Waals surface area contributed by atoms with Gasteiger partial charge in [-0.05, 0) is 70.7 Å². The molecule has 128 valence electrons. The molecule has 0 aromatic carbocycles. The van der Waals surface area contributed by atoms with Crippen molar-refractivity contribution in [2.75, 3.05) is 32.7 Å². The Bertz CT molecular complexity index is 202. The van der Waals surface area contributed by atoms with Crippen LogP contribution < -0.4 is 0 Å². The van der Waals surface area contributed by atoms with E-state index in [1.54, 1.807) is 0 Å². The van der Waals surface area contributed by atoms with Crippen molar-refractivity contribution in [3.63, 3.8) is 0 Å². The molecular formula is C19H42N2. The fourth-order valence-electron chi connectivity index (χ4n) is 3.28. The summed E-state index contributed by atoms with van der Waals surface area (Å²) < 4.78 is 0. The van der Waals surface area contributed by atoms with E-state index in [9.17, 15) is 0 Å². The maximum absolute atomic E-state index is 2.77. The van der Waals surface area contributed by atoms with Crippen molar-refractivity contribution in [2.45, 2.75) is 86.1 Å². The molecule has 0 bridgehead atoms. The van der Waals surface area contributed by atoms with Crippen LogP contribution in [0.4, 0.5) is 0 Å². The monoisotopic (exact) mass is 298 g/mol. The van der Waals surface area contributed by atoms with Gasteiger partial charge in [-0.2, -0.15) is 0 Å². The minimum atomic E-state index is 0.903. The molecule has 21 heavy (non-hydrogen) atoms. The summed E-state index contributed by atoms with van der Waals surface area (Å²) in [5.41, 5.74) is 0. The van der Waals surface area contributed by atoms with Crippen LogP contribution in [-0.4, -0.2) is 48.6 Å². The Morgan fingerprint density at radius 2 is 1.33 bits per heavy atom. The SMILES string of the molecule is CC.CC.CCCCN1CCC(N2CCC(C)CC2)CC1. The predicted octanol–water partition coefficient (Wildman–Crippen LogP) is 5.04. The Kier molecular flexibility index (Phi) is 13.5. The highest BCUT2D eigenvalue weighted by atomic mass is 15.2. The van der Waals surface area contributed by atoms with Gasteiger partial charge in [0.2, 0.25) is 0 Å². The summed E-state index contributed by atoms with van der Waals surface area (Å²) in [6.45, 7) is 19.4. The van der Waals surface area contributed by atoms with Gasteiger partial charge >= 0.3 is 0 Å². The molecule has 2 heteroatoms. The highest BCUT2D eigenvalue weighted by Crippen LogP contribution is 2.23. The zero-order chi connectivity index (χ0) is 16.1. The van der Waals surface area contributed by atoms with E-state index in [1.165, 1.54) is 71.2 Å². The van der Waals surface area contributed by atoms with Crippen LogP contribution in [0.25, 0.3) is 0 Å². The van der Waals surface area contributed by atoms with Gasteiger partial charge < -0.3 is 9.80 Å². The van der Waals surface area contributed by atoms with Gasteiger partial charge in [0.25, 0.3) is 0 Å². The van der Waals surface area contributed by atoms with Crippen LogP contribution in [-0.2, 0) is 0 Å². The molecule has 0 radical (unpaired) electrons. The quantitative estimate of drug-likeness (QED) is 0.718. The lowest BCUT2D eigenvalue weighted by Gasteiger charge is -2.41. The van der Waals surface area contributed by atoms with Crippen molar-refractivity contribution >= 4 is 0 Å². The summed E-state index contributed by atoms with van der Waals surface area (Å²) >= 11 is 0. The molecule has 0 saturated carbocycles. The molecule has 2 saturated heterocycles. The minimum absolute atomic E-state index is 0.903. The highest BCUT2D eigenvalue weighted by Gasteiger charge is 2.26. The second-order valence-corrected chi connectivity index (χ2v) is 6.14. The third-order valence-corrected chi connectivity index (χ3v) is 4.72. The Balaban J connectivity index is 0.000000921. The number of hydrogen-bond donors (Lipinski definition) is 0. The maximum Gasteiger partial charge on any atom is 0.0120 e. The lowest BCUT2D eigenvalue weighted by Crippen LogP contribution is -2.47. The Morgan fingerprint density at radius 3 is 1.81 bits per heavy atom. The average Bonchev–Trinajstić information content (AvgIpc) is 2.58. The predicted molar refractivity (Wildman–Crippen MR) is 97.0 cm³/mol. The summed E-state index contributed by atoms with van der Waals surface area (Å²) in [5.74, 6) is 0.968. The first-order valence-electron chi connectivity index (χ1n) is 9.76. The maximum atomic E-state index is 2.77. The summed E-state index contributed by atoms with van der Waals surface area (Å²) in [6.07, 6.45) is 8.40. The van der Waals surface area contributed by atoms with Crippen molar-refractivity contribution in [1.29, 1.82) is 0 Å². The molecule has 2 aliphatic heterocycles. The van der Waals surface area contributed by atoms with Crippen LogP contribution in [0.15, 0.2) is 0 Å². The lowest BCUT2D eigenvalue weighted by molar-refractivity contribution is 0.0800. The molecule has 2 nitrogen and oxygen atoms in total. The average molecular weight is 299 g/mol. The zero-order valence-electron chi connectivity index (χ0n) is 15.8. The van der Waals surface area contributed by atoms with Crippen LogP contribution in [0.5, 0.6) is 0 Å². The Morgan fingerprint density at radius 1 is 0.810 bits per heavy atom. The second kappa shape index (κ2) is 13.6. The van der Waals surface area contributed by atoms with E-state index in [1.807, 2.05) is 27.7 Å². The van der Waals surface area contributed by atoms with E-state index in [0.29, 0.717) is 0 Å². The van der Waals surface area contributed by atoms with Gasteiger partial charge in [0.05, 0.1) is 0 Å². The Hall–Kier alpha value is -0.0800. The molecule has 0 unspecified atom stereocenters. The number of piperidine rings is 2. The van der Waals surface area contributed by atoms with E-state index in [4.69, 9.17) is 0 Å². The fourth-order valence-corrected chi connectivity index (χ4v) is 3.28. The first-order valence-corrected chi connectivity index (χ1v) is 9.76. The molecule has 0 spiro atoms. The summed E-state index contributed by atoms with van der Waals surface area (Å²) in [5, 5.41) is 0. The lowest BCUT2D eigenvalue weighted by atomic mass is 9.95. The van der Waals surface area contributed by atoms with Crippen molar-refractivity contribution in [2.24, 2.45) is 5.92 Å². The fraction of sp³-hybridized carbons (Fsp3) is 1.00. The summed E-state index contributed by atoms with van der Waals surface area (Å²) in [6, 6.07) is 0.903. The summed E-state index contributed by atoms with van der Waals surface area (Å²) in [7, 11) is 0. The first-order chi connectivity index (χ1) is 10.3. The second-order valence-electron chi connectivity index (χ2n) is 6.14. The van der Waals surface area contributed by atoms with E-state index in [-0.39, 0.29) is 0 Å². The van der Waals surface area contributed by atoms with Gasteiger partial charge in [0.15, 0.2) is 0 Å². The smallest absolute Gasteiger partial charge is 0.0120 e. The van der Waals surface area contributed by atoms with Crippen molar-refractivity contribution in [3.8, 4) is 0 Å². The van der Waals surface area contributed by atoms with Gasteiger partial charge in [0.1, 0.15) is 0 Å². The van der Waals surface area contributed by atoms with Gasteiger partial charge in [-0.1, -0.05) is 48.0 Å². The number of rotatable bonds is 4. The van der Waals surface area contributed by atoms with Gasteiger partial charge in [-0.15, -0.1) is 0 Å². The van der Waals surface area contributed by atoms with E-state index in [2.05, 4.69) is 23.6 Å². The van der Waals surface area contributed by atoms with E-state index < -0.39 is 0 Å². The van der Waals surface area contributed by atoms with E-state index >= 15 is 0 Å². The van der Waals surface area contributed by atoms with Crippen LogP contribution >= 0.6 is 0 Å². The number of likely N-dealkylation sites (tertiary alicyclic amines) is 2. The van der Waals surface area contributed by atoms with Gasteiger partial charge in [-0.25, -0.2) is 0 Å². The first kappa shape index (κ1) is 20.9. The number of hydrogen-bond acceptors (Lipinski definition) is 2. The van der Waals surface area contributed by atoms with Crippen LogP contribution in [0.2, 0.25) is 0 Å². The molecule has 2 fully saturated rings. The van der Waals surface area contributed by atoms with Gasteiger partial charge in [0, 0.05) is 6.04 Å². The van der Waals surface area contributed by atoms with E-state index in [0.717, 1.165) is 12.0 Å². The van der Waals surface area contributed by atoms with Crippen molar-refractivity contribution in [1.82, 2.24) is 9.80 Å². The molecule has 2 aliphatic rings. The molecule has 2 rings (SSSR count). The number of unbranched alkanes of at least 4 members (excludes halogenated alkanes) is 1. The minimum Gasteiger partial charge on any atom is -0.303 e. The Labute approximate surface area is 135 Å². The largest absolute Gasteiger partial charge is 0.303 e. The van der Waals surface area contributed by atoms with Gasteiger partial charge in [-0.3, -0.25) is 0 Å². The topological polar surface area (TPSA) is 6.48 Å². The molecule has 0 atom stereocenters. The normalized spacial score (nSPS) is 22.0. The molecule has 0 amide bonds. The molecule has 0 aromatic rings. The third kappa shape index (κ3) is 8.21. The van der Waals surface area contributed by atoms with Crippen LogP contribution in [0.1, 0.15) is 80.1 Å². The standard InChI is InChI=1S/C15H30N2.2C2H6/c1-3-4-9-16-10-7-15(8-11-16)17-12-5-14(2)6-13-17;2*1-2/h14-15H,3-13H2,1-2H3;2*1-2H3. The van der Waals surface area contributed by atoms with Crippen LogP contribution in [0.3, 0.4) is 0 Å². The van der Waals surface area contributed by atoms with Crippen molar-refractivity contribution in [3.05, 3.63) is 0 Å². The highest BCUT2D eigenvalue weighted by molar-refractivity contribution is 4.82. The summed E-state index contributed by atoms with van der Waals surface area (Å²) in [4.78, 5) is 5.45. The number of nitrogens with zero attached hydrogens (tertiary/aromatic N) is 2. The molecule has 0 aromatic heterocycles. The zero-order valence-corrected chi connectivity index (χ0v) is 15.8. The molecular weight excluding hydrogens is 256 g/mol. The molecule has 2 heterocycles. The molecule has 0 aliphatic carbocycles. The molecule has 0 N–H and O–H groups in total. The third-order valence-electron chi connectivity index (χ3n) is 4.72. The van der Waals surface area contributed by atoms with Crippen LogP contribution in [0, 0.1) is 5.92 Å².